The molecule has 1 aromatic heterocycles. The molecule has 9 nitrogen and oxygen atoms in total. The van der Waals surface area contributed by atoms with Gasteiger partial charge in [0, 0.05) is 28.6 Å². The van der Waals surface area contributed by atoms with E-state index in [9.17, 15) is 9.59 Å². The molecule has 0 spiro atoms. The highest BCUT2D eigenvalue weighted by Crippen LogP contribution is 2.18. The zero-order valence-corrected chi connectivity index (χ0v) is 20.2. The zero-order valence-electron chi connectivity index (χ0n) is 19.4. The van der Waals surface area contributed by atoms with Gasteiger partial charge in [-0.15, -0.1) is 15.7 Å². The summed E-state index contributed by atoms with van der Waals surface area (Å²) in [5.74, 6) is -0.237. The SMILES string of the molecule is O=C(Cc1ccccc1)Nc1nnc(CCCCCN2C=C(C(=O)NCc3ccccc3)NN2)s1.[HH].[HH]. The summed E-state index contributed by atoms with van der Waals surface area (Å²) in [5.41, 5.74) is 8.44. The molecule has 0 aliphatic carbocycles. The van der Waals surface area contributed by atoms with Gasteiger partial charge in [-0.25, -0.2) is 0 Å². The van der Waals surface area contributed by atoms with Crippen molar-refractivity contribution in [2.75, 3.05) is 11.9 Å². The van der Waals surface area contributed by atoms with Crippen molar-refractivity contribution in [3.05, 3.63) is 88.7 Å². The third-order valence-electron chi connectivity index (χ3n) is 5.37. The van der Waals surface area contributed by atoms with Crippen molar-refractivity contribution >= 4 is 28.3 Å². The molecule has 3 aromatic rings. The van der Waals surface area contributed by atoms with E-state index in [1.807, 2.05) is 65.7 Å². The number of nitrogens with zero attached hydrogens (tertiary/aromatic N) is 3. The number of unbranched alkanes of at least 4 members (excludes halogenated alkanes) is 2. The van der Waals surface area contributed by atoms with Crippen LogP contribution in [0.3, 0.4) is 0 Å². The van der Waals surface area contributed by atoms with Crippen LogP contribution in [0.2, 0.25) is 0 Å². The molecule has 2 aromatic carbocycles. The third kappa shape index (κ3) is 7.90. The second-order valence-corrected chi connectivity index (χ2v) is 9.23. The number of hydrogen-bond donors (Lipinski definition) is 4. The van der Waals surface area contributed by atoms with Crippen molar-refractivity contribution in [2.45, 2.75) is 38.6 Å². The van der Waals surface area contributed by atoms with Crippen LogP contribution in [0.15, 0.2) is 72.6 Å². The van der Waals surface area contributed by atoms with Gasteiger partial charge in [-0.3, -0.25) is 20.0 Å². The molecule has 0 bridgehead atoms. The normalized spacial score (nSPS) is 12.7. The Morgan fingerprint density at radius 3 is 2.46 bits per heavy atom. The van der Waals surface area contributed by atoms with Crippen molar-refractivity contribution in [1.29, 1.82) is 0 Å². The third-order valence-corrected chi connectivity index (χ3v) is 6.27. The lowest BCUT2D eigenvalue weighted by Crippen LogP contribution is -2.39. The number of anilines is 1. The largest absolute Gasteiger partial charge is 0.347 e. The van der Waals surface area contributed by atoms with E-state index in [-0.39, 0.29) is 14.7 Å². The Hall–Kier alpha value is -3.76. The second-order valence-electron chi connectivity index (χ2n) is 8.16. The fraction of sp³-hybridized carbons (Fsp3) is 0.280. The van der Waals surface area contributed by atoms with Gasteiger partial charge in [0.15, 0.2) is 0 Å². The Labute approximate surface area is 211 Å². The van der Waals surface area contributed by atoms with Crippen molar-refractivity contribution < 1.29 is 12.4 Å². The molecule has 10 heteroatoms. The fourth-order valence-corrected chi connectivity index (χ4v) is 4.34. The number of aromatic nitrogens is 2. The van der Waals surface area contributed by atoms with Crippen LogP contribution in [0.25, 0.3) is 0 Å². The predicted molar refractivity (Wildman–Crippen MR) is 140 cm³/mol. The highest BCUT2D eigenvalue weighted by atomic mass is 32.1. The molecule has 4 rings (SSSR count). The molecule has 0 saturated heterocycles. The minimum Gasteiger partial charge on any atom is -0.347 e. The first kappa shape index (κ1) is 24.4. The van der Waals surface area contributed by atoms with E-state index in [1.54, 1.807) is 6.20 Å². The van der Waals surface area contributed by atoms with E-state index < -0.39 is 0 Å². The number of amides is 2. The molecule has 35 heavy (non-hydrogen) atoms. The second kappa shape index (κ2) is 12.6. The topological polar surface area (TPSA) is 111 Å². The highest BCUT2D eigenvalue weighted by Gasteiger charge is 2.17. The lowest BCUT2D eigenvalue weighted by atomic mass is 10.1. The van der Waals surface area contributed by atoms with Crippen LogP contribution in [0.4, 0.5) is 5.13 Å². The Morgan fingerprint density at radius 2 is 1.69 bits per heavy atom. The first-order chi connectivity index (χ1) is 17.2. The number of aryl methyl sites for hydroxylation is 1. The lowest BCUT2D eigenvalue weighted by molar-refractivity contribution is -0.118. The van der Waals surface area contributed by atoms with Gasteiger partial charge >= 0.3 is 0 Å². The lowest BCUT2D eigenvalue weighted by Gasteiger charge is -2.14. The van der Waals surface area contributed by atoms with E-state index >= 15 is 0 Å². The highest BCUT2D eigenvalue weighted by molar-refractivity contribution is 7.15. The minimum absolute atomic E-state index is 0. The maximum absolute atomic E-state index is 12.3. The van der Waals surface area contributed by atoms with Gasteiger partial charge in [0.2, 0.25) is 11.0 Å². The Bertz CT molecular complexity index is 1150. The van der Waals surface area contributed by atoms with Crippen LogP contribution < -0.4 is 21.6 Å². The molecule has 0 fully saturated rings. The molecule has 0 radical (unpaired) electrons. The van der Waals surface area contributed by atoms with E-state index in [0.29, 0.717) is 23.8 Å². The van der Waals surface area contributed by atoms with Gasteiger partial charge in [0.1, 0.15) is 10.7 Å². The summed E-state index contributed by atoms with van der Waals surface area (Å²) in [7, 11) is 0. The van der Waals surface area contributed by atoms with Gasteiger partial charge in [-0.2, -0.15) is 0 Å². The number of benzene rings is 2. The number of carbonyl (C=O) groups is 2. The molecule has 0 saturated carbocycles. The predicted octanol–water partition coefficient (Wildman–Crippen LogP) is 3.41. The van der Waals surface area contributed by atoms with Crippen LogP contribution in [0.1, 0.15) is 38.3 Å². The van der Waals surface area contributed by atoms with E-state index in [1.165, 1.54) is 11.3 Å². The van der Waals surface area contributed by atoms with Gasteiger partial charge in [0.05, 0.1) is 6.42 Å². The van der Waals surface area contributed by atoms with E-state index in [4.69, 9.17) is 0 Å². The Morgan fingerprint density at radius 1 is 0.943 bits per heavy atom. The van der Waals surface area contributed by atoms with Crippen LogP contribution in [-0.4, -0.2) is 33.6 Å². The maximum Gasteiger partial charge on any atom is 0.270 e. The summed E-state index contributed by atoms with van der Waals surface area (Å²) in [6, 6.07) is 19.4. The molecule has 2 amide bonds. The average molecular weight is 496 g/mol. The Balaban J connectivity index is 0.00000241. The fourth-order valence-electron chi connectivity index (χ4n) is 3.55. The monoisotopic (exact) mass is 495 g/mol. The molecule has 1 aliphatic rings. The average Bonchev–Trinajstić information content (AvgIpc) is 3.53. The van der Waals surface area contributed by atoms with Gasteiger partial charge < -0.3 is 10.6 Å². The van der Waals surface area contributed by atoms with Crippen LogP contribution in [-0.2, 0) is 29.0 Å². The van der Waals surface area contributed by atoms with Crippen LogP contribution in [0.5, 0.6) is 0 Å². The molecule has 0 unspecified atom stereocenters. The molecule has 186 valence electrons. The maximum atomic E-state index is 12.3. The summed E-state index contributed by atoms with van der Waals surface area (Å²) in [6.07, 6.45) is 5.87. The number of hydrazine groups is 2. The smallest absolute Gasteiger partial charge is 0.270 e. The summed E-state index contributed by atoms with van der Waals surface area (Å²) in [4.78, 5) is 24.5. The molecule has 4 N–H and O–H groups in total. The number of carbonyl (C=O) groups excluding carboxylic acids is 2. The molecular weight excluding hydrogens is 462 g/mol. The molecule has 0 atom stereocenters. The van der Waals surface area contributed by atoms with Crippen LogP contribution in [0, 0.1) is 0 Å². The van der Waals surface area contributed by atoms with E-state index in [2.05, 4.69) is 31.8 Å². The first-order valence-electron chi connectivity index (χ1n) is 11.6. The summed E-state index contributed by atoms with van der Waals surface area (Å²) < 4.78 is 0. The first-order valence-corrected chi connectivity index (χ1v) is 12.5. The minimum atomic E-state index is -0.146. The molecular formula is C25H33N7O2S. The van der Waals surface area contributed by atoms with Crippen molar-refractivity contribution in [3.8, 4) is 0 Å². The van der Waals surface area contributed by atoms with Crippen molar-refractivity contribution in [2.24, 2.45) is 0 Å². The van der Waals surface area contributed by atoms with Gasteiger partial charge in [-0.1, -0.05) is 78.4 Å². The molecule has 2 heterocycles. The van der Waals surface area contributed by atoms with Crippen molar-refractivity contribution in [3.63, 3.8) is 0 Å². The standard InChI is InChI=1S/C25H29N7O2S.2H2/c33-22(16-19-10-4-1-5-11-19)27-25-30-29-23(35-25)14-8-3-9-15-32-18-21(28-31-32)24(34)26-17-20-12-6-2-7-13-20;;/h1-2,4-7,10-13,18,28,31H,3,8-9,14-17H2,(H,26,34)(H,27,30,33);2*1H. The Kier molecular flexibility index (Phi) is 8.79. The number of hydrogen-bond acceptors (Lipinski definition) is 8. The summed E-state index contributed by atoms with van der Waals surface area (Å²) in [6.45, 7) is 1.27. The summed E-state index contributed by atoms with van der Waals surface area (Å²) >= 11 is 1.42. The van der Waals surface area contributed by atoms with Crippen LogP contribution >= 0.6 is 11.3 Å². The van der Waals surface area contributed by atoms with Gasteiger partial charge in [0.25, 0.3) is 5.91 Å². The van der Waals surface area contributed by atoms with Gasteiger partial charge in [-0.05, 0) is 24.0 Å². The quantitative estimate of drug-likeness (QED) is 0.285. The zero-order chi connectivity index (χ0) is 24.3. The van der Waals surface area contributed by atoms with Crippen molar-refractivity contribution in [1.82, 2.24) is 31.5 Å². The van der Waals surface area contributed by atoms with E-state index in [0.717, 1.165) is 48.4 Å². The number of rotatable bonds is 12. The summed E-state index contributed by atoms with van der Waals surface area (Å²) in [5, 5.41) is 17.3. The number of nitrogens with one attached hydrogen (secondary N) is 4. The molecule has 1 aliphatic heterocycles.